The maximum Gasteiger partial charge on any atom is 0.215 e. The lowest BCUT2D eigenvalue weighted by atomic mass is 9.99. The Bertz CT molecular complexity index is 658. The molecule has 2 rings (SSSR count). The molecule has 0 fully saturated rings. The van der Waals surface area contributed by atoms with E-state index in [9.17, 15) is 0 Å². The topological polar surface area (TPSA) is 3.88 Å². The van der Waals surface area contributed by atoms with Gasteiger partial charge in [0, 0.05) is 27.7 Å². The van der Waals surface area contributed by atoms with E-state index in [1.54, 1.807) is 6.07 Å². The number of aromatic nitrogens is 1. The van der Waals surface area contributed by atoms with Crippen LogP contribution in [0.15, 0.2) is 30.3 Å². The van der Waals surface area contributed by atoms with Gasteiger partial charge >= 0.3 is 0 Å². The van der Waals surface area contributed by atoms with Gasteiger partial charge in [0.1, 0.15) is 7.05 Å². The number of hydrogen-bond donors (Lipinski definition) is 0. The monoisotopic (exact) mass is 229 g/mol. The molecular weight excluding hydrogens is 206 g/mol. The van der Waals surface area contributed by atoms with Crippen molar-refractivity contribution in [2.24, 2.45) is 7.05 Å². The number of pyridine rings is 1. The molecule has 0 aliphatic heterocycles. The molecule has 0 saturated carbocycles. The van der Waals surface area contributed by atoms with Crippen LogP contribution < -0.4 is 4.57 Å². The molecular formula is C16H20N+. The van der Waals surface area contributed by atoms with Gasteiger partial charge < -0.3 is 0 Å². The van der Waals surface area contributed by atoms with Crippen LogP contribution in [-0.2, 0) is 7.05 Å². The van der Waals surface area contributed by atoms with Crippen LogP contribution in [0.1, 0.15) is 26.5 Å². The average Bonchev–Trinajstić information content (AvgIpc) is 2.35. The Kier molecular flexibility index (Phi) is 2.15. The smallest absolute Gasteiger partial charge is 0.198 e. The standard InChI is InChI=1S/C16H20N/c1-11-8-6-7-9-15(11)16-13(3)10-12(2)14(4)17(16)5/h6-10H,1-5H3/q+1/i2D3. The van der Waals surface area contributed by atoms with Crippen LogP contribution in [0.3, 0.4) is 0 Å². The minimum Gasteiger partial charge on any atom is -0.198 e. The molecule has 88 valence electrons. The first-order valence-electron chi connectivity index (χ1n) is 7.30. The number of aryl methyl sites for hydroxylation is 3. The molecule has 0 bridgehead atoms. The summed E-state index contributed by atoms with van der Waals surface area (Å²) in [6.07, 6.45) is 0. The van der Waals surface area contributed by atoms with Crippen LogP contribution in [0.25, 0.3) is 11.3 Å². The van der Waals surface area contributed by atoms with Crippen LogP contribution in [0.4, 0.5) is 0 Å². The SMILES string of the molecule is [2H]C([2H])([2H])c1cc(C)c(-c2ccccc2C)[n+](C)c1C. The van der Waals surface area contributed by atoms with Crippen LogP contribution in [0, 0.1) is 27.6 Å². The molecule has 0 N–H and O–H groups in total. The van der Waals surface area contributed by atoms with Gasteiger partial charge in [-0.05, 0) is 38.4 Å². The second-order valence-electron chi connectivity index (χ2n) is 4.55. The van der Waals surface area contributed by atoms with Gasteiger partial charge in [-0.1, -0.05) is 18.2 Å². The summed E-state index contributed by atoms with van der Waals surface area (Å²) in [5.74, 6) is 0. The highest BCUT2D eigenvalue weighted by molar-refractivity contribution is 5.64. The second-order valence-corrected chi connectivity index (χ2v) is 4.55. The summed E-state index contributed by atoms with van der Waals surface area (Å²) in [5, 5.41) is 0. The van der Waals surface area contributed by atoms with E-state index >= 15 is 0 Å². The van der Waals surface area contributed by atoms with Gasteiger partial charge in [-0.25, -0.2) is 0 Å². The van der Waals surface area contributed by atoms with Gasteiger partial charge in [0.25, 0.3) is 0 Å². The van der Waals surface area contributed by atoms with Crippen molar-refractivity contribution in [2.45, 2.75) is 27.6 Å². The van der Waals surface area contributed by atoms with Gasteiger partial charge in [-0.2, -0.15) is 4.57 Å². The van der Waals surface area contributed by atoms with Crippen molar-refractivity contribution in [3.05, 3.63) is 52.7 Å². The summed E-state index contributed by atoms with van der Waals surface area (Å²) in [6.45, 7) is 3.83. The minimum atomic E-state index is -2.07. The molecule has 1 nitrogen and oxygen atoms in total. The number of nitrogens with zero attached hydrogens (tertiary/aromatic N) is 1. The van der Waals surface area contributed by atoms with Gasteiger partial charge in [0.15, 0.2) is 5.69 Å². The number of hydrogen-bond acceptors (Lipinski definition) is 0. The third kappa shape index (κ3) is 1.97. The zero-order valence-corrected chi connectivity index (χ0v) is 10.8. The fourth-order valence-corrected chi connectivity index (χ4v) is 2.23. The predicted octanol–water partition coefficient (Wildman–Crippen LogP) is 3.41. The van der Waals surface area contributed by atoms with E-state index in [1.807, 2.05) is 37.6 Å². The molecule has 0 atom stereocenters. The summed E-state index contributed by atoms with van der Waals surface area (Å²) in [5.41, 5.74) is 5.61. The van der Waals surface area contributed by atoms with Crippen molar-refractivity contribution in [2.75, 3.05) is 0 Å². The van der Waals surface area contributed by atoms with Crippen molar-refractivity contribution < 1.29 is 8.68 Å². The third-order valence-corrected chi connectivity index (χ3v) is 3.36. The largest absolute Gasteiger partial charge is 0.215 e. The zero-order chi connectivity index (χ0) is 15.1. The summed E-state index contributed by atoms with van der Waals surface area (Å²) in [7, 11) is 1.93. The molecule has 0 radical (unpaired) electrons. The molecule has 1 aromatic carbocycles. The number of rotatable bonds is 1. The molecule has 0 aliphatic rings. The lowest BCUT2D eigenvalue weighted by Crippen LogP contribution is -2.36. The Morgan fingerprint density at radius 3 is 2.35 bits per heavy atom. The van der Waals surface area contributed by atoms with E-state index in [-0.39, 0.29) is 0 Å². The summed E-state index contributed by atoms with van der Waals surface area (Å²) in [6, 6.07) is 9.96. The zero-order valence-electron chi connectivity index (χ0n) is 13.8. The molecule has 0 unspecified atom stereocenters. The quantitative estimate of drug-likeness (QED) is 0.660. The molecule has 1 aromatic heterocycles. The Balaban J connectivity index is 2.76. The molecule has 0 aliphatic carbocycles. The van der Waals surface area contributed by atoms with Gasteiger partial charge in [0.2, 0.25) is 5.69 Å². The first-order valence-corrected chi connectivity index (χ1v) is 5.80. The lowest BCUT2D eigenvalue weighted by Gasteiger charge is -2.10. The second kappa shape index (κ2) is 4.33. The van der Waals surface area contributed by atoms with Crippen molar-refractivity contribution in [3.8, 4) is 11.3 Å². The van der Waals surface area contributed by atoms with Gasteiger partial charge in [0.05, 0.1) is 0 Å². The van der Waals surface area contributed by atoms with Crippen molar-refractivity contribution in [1.82, 2.24) is 0 Å². The van der Waals surface area contributed by atoms with Crippen molar-refractivity contribution >= 4 is 0 Å². The van der Waals surface area contributed by atoms with Crippen LogP contribution in [-0.4, -0.2) is 0 Å². The highest BCUT2D eigenvalue weighted by Crippen LogP contribution is 2.24. The Labute approximate surface area is 108 Å². The molecule has 1 heterocycles. The third-order valence-electron chi connectivity index (χ3n) is 3.36. The Hall–Kier alpha value is -1.63. The highest BCUT2D eigenvalue weighted by Gasteiger charge is 2.18. The van der Waals surface area contributed by atoms with Crippen LogP contribution in [0.5, 0.6) is 0 Å². The van der Waals surface area contributed by atoms with E-state index in [0.29, 0.717) is 5.56 Å². The van der Waals surface area contributed by atoms with E-state index in [1.165, 1.54) is 5.56 Å². The normalized spacial score (nSPS) is 14.0. The maximum atomic E-state index is 7.64. The fraction of sp³-hybridized carbons (Fsp3) is 0.312. The summed E-state index contributed by atoms with van der Waals surface area (Å²) in [4.78, 5) is 0. The highest BCUT2D eigenvalue weighted by atomic mass is 14.9. The molecule has 17 heavy (non-hydrogen) atoms. The van der Waals surface area contributed by atoms with E-state index in [4.69, 9.17) is 4.11 Å². The van der Waals surface area contributed by atoms with Gasteiger partial charge in [-0.15, -0.1) is 0 Å². The average molecular weight is 229 g/mol. The first kappa shape index (κ1) is 8.46. The molecule has 0 spiro atoms. The van der Waals surface area contributed by atoms with Crippen LogP contribution in [0.2, 0.25) is 0 Å². The fourth-order valence-electron chi connectivity index (χ4n) is 2.23. The molecule has 0 amide bonds. The molecule has 0 saturated heterocycles. The first-order chi connectivity index (χ1) is 9.23. The predicted molar refractivity (Wildman–Crippen MR) is 72.0 cm³/mol. The van der Waals surface area contributed by atoms with Gasteiger partial charge in [-0.3, -0.25) is 0 Å². The summed E-state index contributed by atoms with van der Waals surface area (Å²) < 4.78 is 24.9. The molecule has 2 aromatic rings. The van der Waals surface area contributed by atoms with Crippen molar-refractivity contribution in [3.63, 3.8) is 0 Å². The van der Waals surface area contributed by atoms with E-state index in [0.717, 1.165) is 22.5 Å². The number of benzene rings is 1. The molecule has 1 heteroatoms. The summed E-state index contributed by atoms with van der Waals surface area (Å²) >= 11 is 0. The van der Waals surface area contributed by atoms with E-state index in [2.05, 4.69) is 19.1 Å². The minimum absolute atomic E-state index is 0.426. The van der Waals surface area contributed by atoms with Crippen LogP contribution >= 0.6 is 0 Å². The maximum absolute atomic E-state index is 7.64. The Morgan fingerprint density at radius 2 is 1.71 bits per heavy atom. The lowest BCUT2D eigenvalue weighted by molar-refractivity contribution is -0.667. The van der Waals surface area contributed by atoms with E-state index < -0.39 is 6.85 Å². The Morgan fingerprint density at radius 1 is 1.00 bits per heavy atom. The van der Waals surface area contributed by atoms with Crippen molar-refractivity contribution in [1.29, 1.82) is 0 Å².